The zero-order chi connectivity index (χ0) is 16.5. The molecule has 0 radical (unpaired) electrons. The van der Waals surface area contributed by atoms with Gasteiger partial charge in [0.1, 0.15) is 5.75 Å². The van der Waals surface area contributed by atoms with Crippen molar-refractivity contribution in [3.63, 3.8) is 0 Å². The first kappa shape index (κ1) is 17.0. The molecule has 1 unspecified atom stereocenters. The van der Waals surface area contributed by atoms with Crippen LogP contribution in [0.15, 0.2) is 54.6 Å². The molecule has 2 aromatic carbocycles. The summed E-state index contributed by atoms with van der Waals surface area (Å²) in [5, 5.41) is 11.9. The molecule has 0 aliphatic carbocycles. The van der Waals surface area contributed by atoms with E-state index in [1.807, 2.05) is 49.4 Å². The van der Waals surface area contributed by atoms with Crippen LogP contribution in [0.4, 0.5) is 0 Å². The van der Waals surface area contributed by atoms with Gasteiger partial charge in [0.25, 0.3) is 5.91 Å². The van der Waals surface area contributed by atoms with Crippen LogP contribution in [0.1, 0.15) is 24.5 Å². The first-order chi connectivity index (χ1) is 11.2. The van der Waals surface area contributed by atoms with Crippen molar-refractivity contribution in [2.75, 3.05) is 13.2 Å². The second-order valence-electron chi connectivity index (χ2n) is 5.41. The second-order valence-corrected chi connectivity index (χ2v) is 5.41. The molecule has 0 bridgehead atoms. The zero-order valence-corrected chi connectivity index (χ0v) is 13.4. The lowest BCUT2D eigenvalue weighted by atomic mass is 10.0. The number of para-hydroxylation sites is 1. The zero-order valence-electron chi connectivity index (χ0n) is 13.4. The third-order valence-electron chi connectivity index (χ3n) is 3.65. The van der Waals surface area contributed by atoms with E-state index in [-0.39, 0.29) is 25.2 Å². The Morgan fingerprint density at radius 3 is 2.52 bits per heavy atom. The standard InChI is InChI=1S/C19H23NO3/c1-2-17(13-21)20-19(22)14-23-18-11-7-6-10-16(18)12-15-8-4-3-5-9-15/h3-11,17,21H,2,12-14H2,1H3,(H,20,22). The molecule has 23 heavy (non-hydrogen) atoms. The van der Waals surface area contributed by atoms with Crippen LogP contribution in [0.2, 0.25) is 0 Å². The van der Waals surface area contributed by atoms with Crippen molar-refractivity contribution >= 4 is 5.91 Å². The van der Waals surface area contributed by atoms with Gasteiger partial charge in [-0.1, -0.05) is 55.5 Å². The van der Waals surface area contributed by atoms with Crippen molar-refractivity contribution < 1.29 is 14.6 Å². The molecule has 1 amide bonds. The summed E-state index contributed by atoms with van der Waals surface area (Å²) in [5.74, 6) is 0.490. The van der Waals surface area contributed by atoms with Crippen molar-refractivity contribution in [1.29, 1.82) is 0 Å². The Morgan fingerprint density at radius 2 is 1.83 bits per heavy atom. The number of aliphatic hydroxyl groups is 1. The molecule has 4 heteroatoms. The first-order valence-electron chi connectivity index (χ1n) is 7.87. The number of rotatable bonds is 8. The van der Waals surface area contributed by atoms with E-state index in [0.29, 0.717) is 12.2 Å². The number of hydrogen-bond acceptors (Lipinski definition) is 3. The van der Waals surface area contributed by atoms with Crippen LogP contribution >= 0.6 is 0 Å². The van der Waals surface area contributed by atoms with Gasteiger partial charge in [-0.25, -0.2) is 0 Å². The van der Waals surface area contributed by atoms with E-state index in [2.05, 4.69) is 17.4 Å². The van der Waals surface area contributed by atoms with Crippen molar-refractivity contribution in [1.82, 2.24) is 5.32 Å². The highest BCUT2D eigenvalue weighted by Gasteiger charge is 2.11. The lowest BCUT2D eigenvalue weighted by molar-refractivity contribution is -0.124. The Morgan fingerprint density at radius 1 is 1.13 bits per heavy atom. The fourth-order valence-electron chi connectivity index (χ4n) is 2.30. The highest BCUT2D eigenvalue weighted by Crippen LogP contribution is 2.21. The van der Waals surface area contributed by atoms with Crippen LogP contribution in [-0.4, -0.2) is 30.3 Å². The van der Waals surface area contributed by atoms with Crippen LogP contribution in [0.5, 0.6) is 5.75 Å². The summed E-state index contributed by atoms with van der Waals surface area (Å²) < 4.78 is 5.67. The Balaban J connectivity index is 1.96. The molecule has 2 aromatic rings. The first-order valence-corrected chi connectivity index (χ1v) is 7.87. The van der Waals surface area contributed by atoms with E-state index in [1.165, 1.54) is 5.56 Å². The predicted molar refractivity (Wildman–Crippen MR) is 90.5 cm³/mol. The highest BCUT2D eigenvalue weighted by molar-refractivity contribution is 5.77. The maximum Gasteiger partial charge on any atom is 0.258 e. The summed E-state index contributed by atoms with van der Waals surface area (Å²) in [4.78, 5) is 11.9. The summed E-state index contributed by atoms with van der Waals surface area (Å²) in [7, 11) is 0. The molecule has 2 rings (SSSR count). The number of nitrogens with one attached hydrogen (secondary N) is 1. The van der Waals surface area contributed by atoms with E-state index >= 15 is 0 Å². The molecular formula is C19H23NO3. The number of aliphatic hydroxyl groups excluding tert-OH is 1. The van der Waals surface area contributed by atoms with Crippen molar-refractivity contribution in [3.05, 3.63) is 65.7 Å². The van der Waals surface area contributed by atoms with E-state index < -0.39 is 0 Å². The number of ether oxygens (including phenoxy) is 1. The van der Waals surface area contributed by atoms with Gasteiger partial charge in [0.15, 0.2) is 6.61 Å². The molecule has 0 spiro atoms. The number of carbonyl (C=O) groups excluding carboxylic acids is 1. The Labute approximate surface area is 137 Å². The van der Waals surface area contributed by atoms with Crippen molar-refractivity contribution in [2.45, 2.75) is 25.8 Å². The number of amides is 1. The molecule has 2 N–H and O–H groups in total. The van der Waals surface area contributed by atoms with Crippen LogP contribution in [0.3, 0.4) is 0 Å². The molecule has 4 nitrogen and oxygen atoms in total. The van der Waals surface area contributed by atoms with Gasteiger partial charge >= 0.3 is 0 Å². The minimum atomic E-state index is -0.222. The van der Waals surface area contributed by atoms with Gasteiger partial charge in [0.05, 0.1) is 12.6 Å². The summed E-state index contributed by atoms with van der Waals surface area (Å²) in [6.07, 6.45) is 1.44. The van der Waals surface area contributed by atoms with Crippen molar-refractivity contribution in [3.8, 4) is 5.75 Å². The number of carbonyl (C=O) groups is 1. The molecule has 122 valence electrons. The molecule has 0 aromatic heterocycles. The molecule has 0 saturated heterocycles. The Hall–Kier alpha value is -2.33. The predicted octanol–water partition coefficient (Wildman–Crippen LogP) is 2.54. The topological polar surface area (TPSA) is 58.6 Å². The van der Waals surface area contributed by atoms with E-state index in [4.69, 9.17) is 9.84 Å². The molecule has 0 aliphatic rings. The fraction of sp³-hybridized carbons (Fsp3) is 0.316. The third kappa shape index (κ3) is 5.42. The molecule has 1 atom stereocenters. The van der Waals surface area contributed by atoms with E-state index in [0.717, 1.165) is 12.0 Å². The van der Waals surface area contributed by atoms with Crippen LogP contribution in [0, 0.1) is 0 Å². The van der Waals surface area contributed by atoms with Gasteiger partial charge in [-0.2, -0.15) is 0 Å². The summed E-state index contributed by atoms with van der Waals surface area (Å²) in [6, 6.07) is 17.6. The third-order valence-corrected chi connectivity index (χ3v) is 3.65. The minimum absolute atomic E-state index is 0.0533. The summed E-state index contributed by atoms with van der Waals surface area (Å²) in [6.45, 7) is 1.80. The maximum absolute atomic E-state index is 11.9. The molecule has 0 fully saturated rings. The fourth-order valence-corrected chi connectivity index (χ4v) is 2.30. The SMILES string of the molecule is CCC(CO)NC(=O)COc1ccccc1Cc1ccccc1. The molecule has 0 aliphatic heterocycles. The average molecular weight is 313 g/mol. The van der Waals surface area contributed by atoms with Gasteiger partial charge < -0.3 is 15.2 Å². The molecular weight excluding hydrogens is 290 g/mol. The van der Waals surface area contributed by atoms with Gasteiger partial charge in [-0.3, -0.25) is 4.79 Å². The van der Waals surface area contributed by atoms with Gasteiger partial charge in [0.2, 0.25) is 0 Å². The largest absolute Gasteiger partial charge is 0.483 e. The van der Waals surface area contributed by atoms with Crippen LogP contribution in [0.25, 0.3) is 0 Å². The van der Waals surface area contributed by atoms with Crippen LogP contribution < -0.4 is 10.1 Å². The Kier molecular flexibility index (Phi) is 6.63. The van der Waals surface area contributed by atoms with Crippen LogP contribution in [-0.2, 0) is 11.2 Å². The van der Waals surface area contributed by atoms with Crippen molar-refractivity contribution in [2.24, 2.45) is 0 Å². The highest BCUT2D eigenvalue weighted by atomic mass is 16.5. The second kappa shape index (κ2) is 8.96. The Bertz CT molecular complexity index is 609. The van der Waals surface area contributed by atoms with E-state index in [9.17, 15) is 4.79 Å². The number of benzene rings is 2. The summed E-state index contributed by atoms with van der Waals surface area (Å²) >= 11 is 0. The lowest BCUT2D eigenvalue weighted by Crippen LogP contribution is -2.39. The van der Waals surface area contributed by atoms with E-state index in [1.54, 1.807) is 0 Å². The maximum atomic E-state index is 11.9. The lowest BCUT2D eigenvalue weighted by Gasteiger charge is -2.15. The van der Waals surface area contributed by atoms with Gasteiger partial charge in [0, 0.05) is 6.42 Å². The summed E-state index contributed by atoms with van der Waals surface area (Å²) in [5.41, 5.74) is 2.24. The normalized spacial score (nSPS) is 11.7. The molecule has 0 saturated carbocycles. The minimum Gasteiger partial charge on any atom is -0.483 e. The smallest absolute Gasteiger partial charge is 0.258 e. The number of hydrogen-bond donors (Lipinski definition) is 2. The quantitative estimate of drug-likeness (QED) is 0.787. The van der Waals surface area contributed by atoms with Gasteiger partial charge in [-0.15, -0.1) is 0 Å². The molecule has 0 heterocycles. The monoisotopic (exact) mass is 313 g/mol. The van der Waals surface area contributed by atoms with Gasteiger partial charge in [-0.05, 0) is 23.6 Å². The average Bonchev–Trinajstić information content (AvgIpc) is 2.60.